The molecule has 1 aromatic carbocycles. The van der Waals surface area contributed by atoms with E-state index in [1.54, 1.807) is 6.20 Å². The topological polar surface area (TPSA) is 62.3 Å². The average molecular weight is 500 g/mol. The van der Waals surface area contributed by atoms with E-state index >= 15 is 0 Å². The van der Waals surface area contributed by atoms with E-state index in [-0.39, 0.29) is 24.2 Å². The molecule has 0 saturated heterocycles. The Hall–Kier alpha value is -2.67. The molecule has 1 amide bonds. The smallest absolute Gasteiger partial charge is 0.251 e. The lowest BCUT2D eigenvalue weighted by Crippen LogP contribution is -2.43. The van der Waals surface area contributed by atoms with Crippen LogP contribution < -0.4 is 5.32 Å². The summed E-state index contributed by atoms with van der Waals surface area (Å²) in [6.45, 7) is 7.06. The number of rotatable bonds is 12. The highest BCUT2D eigenvalue weighted by atomic mass is 19.3. The van der Waals surface area contributed by atoms with Crippen LogP contribution in [0.15, 0.2) is 36.5 Å². The van der Waals surface area contributed by atoms with Gasteiger partial charge in [-0.3, -0.25) is 14.6 Å². The fraction of sp³-hybridized carbons (Fsp3) is 0.552. The van der Waals surface area contributed by atoms with Gasteiger partial charge >= 0.3 is 0 Å². The van der Waals surface area contributed by atoms with E-state index in [0.717, 1.165) is 23.7 Å². The summed E-state index contributed by atoms with van der Waals surface area (Å²) in [5, 5.41) is 3.01. The van der Waals surface area contributed by atoms with Gasteiger partial charge in [0.05, 0.1) is 0 Å². The summed E-state index contributed by atoms with van der Waals surface area (Å²) in [6.07, 6.45) is 3.60. The Morgan fingerprint density at radius 2 is 1.86 bits per heavy atom. The molecule has 1 heterocycles. The number of aryl methyl sites for hydroxylation is 2. The number of pyridine rings is 1. The average Bonchev–Trinajstić information content (AvgIpc) is 3.63. The molecule has 0 unspecified atom stereocenters. The third-order valence-corrected chi connectivity index (χ3v) is 7.76. The Morgan fingerprint density at radius 1 is 1.17 bits per heavy atom. The first-order valence-electron chi connectivity index (χ1n) is 12.7. The number of hydrogen-bond donors (Lipinski definition) is 1. The first kappa shape index (κ1) is 27.9. The fourth-order valence-corrected chi connectivity index (χ4v) is 5.03. The van der Waals surface area contributed by atoms with Crippen LogP contribution in [-0.4, -0.2) is 54.2 Å². The molecule has 0 spiro atoms. The van der Waals surface area contributed by atoms with E-state index in [2.05, 4.69) is 15.2 Å². The third-order valence-electron chi connectivity index (χ3n) is 7.76. The molecule has 7 heteroatoms. The third kappa shape index (κ3) is 6.36. The molecule has 1 saturated carbocycles. The Bertz CT molecular complexity index is 1070. The van der Waals surface area contributed by atoms with E-state index in [1.807, 2.05) is 65.2 Å². The van der Waals surface area contributed by atoms with E-state index in [4.69, 9.17) is 0 Å². The van der Waals surface area contributed by atoms with E-state index in [9.17, 15) is 18.4 Å². The predicted molar refractivity (Wildman–Crippen MR) is 139 cm³/mol. The standard InChI is InChI=1S/C29H39F2N3O2/c1-7-26(35)22-11-10-21(19(2)14-22)15-24(34(5)6)18-33-27(36)16-25(23-9-8-20(3)32-17-23)29(12-13-29)28(4,30)31/h8-11,14,17,24-25H,7,12-13,15-16,18H2,1-6H3,(H,33,36)/t24-,25+/m0/s1. The van der Waals surface area contributed by atoms with Crippen LogP contribution in [0.4, 0.5) is 8.78 Å². The Morgan fingerprint density at radius 3 is 2.36 bits per heavy atom. The van der Waals surface area contributed by atoms with Crippen molar-refractivity contribution in [3.8, 4) is 0 Å². The summed E-state index contributed by atoms with van der Waals surface area (Å²) in [7, 11) is 3.91. The van der Waals surface area contributed by atoms with Crippen molar-refractivity contribution in [2.24, 2.45) is 5.41 Å². The number of amides is 1. The Balaban J connectivity index is 1.70. The highest BCUT2D eigenvalue weighted by molar-refractivity contribution is 5.96. The number of nitrogens with zero attached hydrogens (tertiary/aromatic N) is 2. The van der Waals surface area contributed by atoms with Crippen molar-refractivity contribution in [2.45, 2.75) is 77.7 Å². The van der Waals surface area contributed by atoms with Gasteiger partial charge in [0.2, 0.25) is 5.91 Å². The second-order valence-corrected chi connectivity index (χ2v) is 10.6. The number of carbonyl (C=O) groups excluding carboxylic acids is 2. The molecule has 2 atom stereocenters. The Labute approximate surface area is 213 Å². The highest BCUT2D eigenvalue weighted by Gasteiger charge is 2.63. The van der Waals surface area contributed by atoms with Crippen LogP contribution in [0.5, 0.6) is 0 Å². The lowest BCUT2D eigenvalue weighted by Gasteiger charge is -2.32. The number of Topliss-reactive ketones (excluding diaryl/α,β-unsaturated/α-hetero) is 1. The number of nitrogens with one attached hydrogen (secondary N) is 1. The fourth-order valence-electron chi connectivity index (χ4n) is 5.03. The number of carbonyl (C=O) groups is 2. The van der Waals surface area contributed by atoms with Gasteiger partial charge in [0.15, 0.2) is 5.78 Å². The van der Waals surface area contributed by atoms with Gasteiger partial charge in [-0.1, -0.05) is 25.1 Å². The van der Waals surface area contributed by atoms with Crippen molar-refractivity contribution < 1.29 is 18.4 Å². The molecule has 0 aliphatic heterocycles. The molecule has 36 heavy (non-hydrogen) atoms. The SMILES string of the molecule is CCC(=O)c1ccc(C[C@@H](CNC(=O)C[C@H](c2ccc(C)nc2)C2(C(C)(F)F)CC2)N(C)C)c(C)c1. The van der Waals surface area contributed by atoms with Gasteiger partial charge in [0.25, 0.3) is 5.92 Å². The molecular formula is C29H39F2N3O2. The molecule has 0 radical (unpaired) electrons. The molecule has 1 fully saturated rings. The van der Waals surface area contributed by atoms with E-state index in [0.29, 0.717) is 43.4 Å². The molecule has 3 rings (SSSR count). The first-order chi connectivity index (χ1) is 16.9. The van der Waals surface area contributed by atoms with Gasteiger partial charge in [-0.25, -0.2) is 8.78 Å². The van der Waals surface area contributed by atoms with Crippen LogP contribution in [0, 0.1) is 19.3 Å². The minimum Gasteiger partial charge on any atom is -0.355 e. The maximum absolute atomic E-state index is 14.6. The number of aromatic nitrogens is 1. The monoisotopic (exact) mass is 499 g/mol. The van der Waals surface area contributed by atoms with Gasteiger partial charge in [-0.05, 0) is 83.0 Å². The van der Waals surface area contributed by atoms with E-state index in [1.165, 1.54) is 0 Å². The summed E-state index contributed by atoms with van der Waals surface area (Å²) in [6, 6.07) is 9.42. The lowest BCUT2D eigenvalue weighted by molar-refractivity contribution is -0.123. The van der Waals surface area contributed by atoms with Gasteiger partial charge in [0, 0.05) is 54.2 Å². The molecule has 1 aliphatic rings. The van der Waals surface area contributed by atoms with Crippen LogP contribution in [0.25, 0.3) is 0 Å². The van der Waals surface area contributed by atoms with Crippen molar-refractivity contribution in [3.05, 3.63) is 64.5 Å². The maximum atomic E-state index is 14.6. The second-order valence-electron chi connectivity index (χ2n) is 10.6. The zero-order chi connectivity index (χ0) is 26.7. The molecular weight excluding hydrogens is 460 g/mol. The first-order valence-corrected chi connectivity index (χ1v) is 12.7. The van der Waals surface area contributed by atoms with Gasteiger partial charge < -0.3 is 10.2 Å². The summed E-state index contributed by atoms with van der Waals surface area (Å²) in [4.78, 5) is 31.4. The Kier molecular flexibility index (Phi) is 8.65. The predicted octanol–water partition coefficient (Wildman–Crippen LogP) is 5.49. The number of likely N-dealkylation sites (N-methyl/N-ethyl adjacent to an activating group) is 1. The van der Waals surface area contributed by atoms with Gasteiger partial charge in [-0.2, -0.15) is 0 Å². The molecule has 1 N–H and O–H groups in total. The minimum atomic E-state index is -2.88. The highest BCUT2D eigenvalue weighted by Crippen LogP contribution is 2.65. The van der Waals surface area contributed by atoms with E-state index < -0.39 is 17.3 Å². The molecule has 1 aliphatic carbocycles. The maximum Gasteiger partial charge on any atom is 0.251 e. The lowest BCUT2D eigenvalue weighted by atomic mass is 9.77. The molecule has 1 aromatic heterocycles. The molecule has 2 aromatic rings. The number of halogens is 2. The van der Waals surface area contributed by atoms with Crippen LogP contribution in [0.3, 0.4) is 0 Å². The molecule has 5 nitrogen and oxygen atoms in total. The van der Waals surface area contributed by atoms with Gasteiger partial charge in [-0.15, -0.1) is 0 Å². The van der Waals surface area contributed by atoms with Crippen LogP contribution >= 0.6 is 0 Å². The summed E-state index contributed by atoms with van der Waals surface area (Å²) in [5.74, 6) is -3.58. The summed E-state index contributed by atoms with van der Waals surface area (Å²) >= 11 is 0. The zero-order valence-electron chi connectivity index (χ0n) is 22.3. The number of alkyl halides is 2. The van der Waals surface area contributed by atoms with Crippen LogP contribution in [0.1, 0.15) is 78.2 Å². The second kappa shape index (κ2) is 11.2. The number of ketones is 1. The molecule has 196 valence electrons. The van der Waals surface area contributed by atoms with Crippen molar-refractivity contribution in [1.82, 2.24) is 15.2 Å². The van der Waals surface area contributed by atoms with Crippen molar-refractivity contribution >= 4 is 11.7 Å². The largest absolute Gasteiger partial charge is 0.355 e. The van der Waals surface area contributed by atoms with Crippen molar-refractivity contribution in [3.63, 3.8) is 0 Å². The van der Waals surface area contributed by atoms with Crippen molar-refractivity contribution in [2.75, 3.05) is 20.6 Å². The minimum absolute atomic E-state index is 0.00116. The molecule has 0 bridgehead atoms. The summed E-state index contributed by atoms with van der Waals surface area (Å²) in [5.41, 5.74) is 3.17. The summed E-state index contributed by atoms with van der Waals surface area (Å²) < 4.78 is 29.3. The van der Waals surface area contributed by atoms with Crippen LogP contribution in [0.2, 0.25) is 0 Å². The van der Waals surface area contributed by atoms with Gasteiger partial charge in [0.1, 0.15) is 0 Å². The normalized spacial score (nSPS) is 16.5. The number of hydrogen-bond acceptors (Lipinski definition) is 4. The van der Waals surface area contributed by atoms with Crippen molar-refractivity contribution in [1.29, 1.82) is 0 Å². The van der Waals surface area contributed by atoms with Crippen LogP contribution in [-0.2, 0) is 11.2 Å². The number of benzene rings is 1. The quantitative estimate of drug-likeness (QED) is 0.392. The zero-order valence-corrected chi connectivity index (χ0v) is 22.3.